The van der Waals surface area contributed by atoms with E-state index < -0.39 is 0 Å². The number of benzene rings is 2. The van der Waals surface area contributed by atoms with Gasteiger partial charge in [-0.15, -0.1) is 0 Å². The van der Waals surface area contributed by atoms with E-state index in [0.29, 0.717) is 24.9 Å². The molecule has 4 nitrogen and oxygen atoms in total. The maximum atomic E-state index is 13.5. The first-order chi connectivity index (χ1) is 12.6. The Morgan fingerprint density at radius 2 is 1.85 bits per heavy atom. The zero-order valence-corrected chi connectivity index (χ0v) is 14.8. The quantitative estimate of drug-likeness (QED) is 0.708. The third-order valence-corrected chi connectivity index (χ3v) is 4.39. The number of aromatic nitrogens is 2. The van der Waals surface area contributed by atoms with Crippen LogP contribution in [0.5, 0.6) is 0 Å². The zero-order valence-electron chi connectivity index (χ0n) is 14.8. The molecule has 0 fully saturated rings. The Kier molecular flexibility index (Phi) is 5.79. The predicted octanol–water partition coefficient (Wildman–Crippen LogP) is 3.52. The summed E-state index contributed by atoms with van der Waals surface area (Å²) in [6.07, 6.45) is 3.25. The van der Waals surface area contributed by atoms with Gasteiger partial charge in [-0.3, -0.25) is 9.48 Å². The topological polar surface area (TPSA) is 46.9 Å². The third kappa shape index (κ3) is 4.57. The van der Waals surface area contributed by atoms with Crippen LogP contribution in [0.4, 0.5) is 4.39 Å². The van der Waals surface area contributed by atoms with Gasteiger partial charge in [-0.25, -0.2) is 4.39 Å². The average Bonchev–Trinajstić information content (AvgIpc) is 3.08. The minimum atomic E-state index is -0.256. The second-order valence-corrected chi connectivity index (χ2v) is 6.23. The van der Waals surface area contributed by atoms with Crippen molar-refractivity contribution in [2.45, 2.75) is 19.3 Å². The summed E-state index contributed by atoms with van der Waals surface area (Å²) in [6, 6.07) is 16.8. The summed E-state index contributed by atoms with van der Waals surface area (Å²) in [7, 11) is 1.92. The van der Waals surface area contributed by atoms with Crippen LogP contribution in [0.1, 0.15) is 17.5 Å². The molecule has 3 aromatic rings. The Morgan fingerprint density at radius 1 is 1.08 bits per heavy atom. The van der Waals surface area contributed by atoms with Gasteiger partial charge in [0.1, 0.15) is 5.82 Å². The number of rotatable bonds is 7. The number of halogens is 1. The van der Waals surface area contributed by atoms with Gasteiger partial charge >= 0.3 is 0 Å². The molecule has 0 aliphatic heterocycles. The number of hydrogen-bond acceptors (Lipinski definition) is 2. The lowest BCUT2D eigenvalue weighted by atomic mass is 10.1. The number of nitrogens with zero attached hydrogens (tertiary/aromatic N) is 2. The van der Waals surface area contributed by atoms with Crippen molar-refractivity contribution >= 4 is 5.91 Å². The van der Waals surface area contributed by atoms with Crippen molar-refractivity contribution < 1.29 is 9.18 Å². The summed E-state index contributed by atoms with van der Waals surface area (Å²) >= 11 is 0. The second kappa shape index (κ2) is 8.43. The van der Waals surface area contributed by atoms with Gasteiger partial charge in [0, 0.05) is 26.2 Å². The second-order valence-electron chi connectivity index (χ2n) is 6.23. The molecule has 0 aliphatic carbocycles. The molecule has 0 bridgehead atoms. The van der Waals surface area contributed by atoms with Crippen LogP contribution in [0.15, 0.2) is 60.8 Å². The first kappa shape index (κ1) is 17.9. The van der Waals surface area contributed by atoms with Gasteiger partial charge in [0.2, 0.25) is 5.91 Å². The number of hydrogen-bond donors (Lipinski definition) is 1. The maximum absolute atomic E-state index is 13.5. The molecule has 0 saturated carbocycles. The van der Waals surface area contributed by atoms with Crippen LogP contribution in [0.2, 0.25) is 0 Å². The molecule has 1 aromatic heterocycles. The summed E-state index contributed by atoms with van der Waals surface area (Å²) in [4.78, 5) is 11.9. The molecular weight excluding hydrogens is 329 g/mol. The number of nitrogens with one attached hydrogen (secondary N) is 1. The van der Waals surface area contributed by atoms with E-state index in [-0.39, 0.29) is 11.7 Å². The van der Waals surface area contributed by atoms with E-state index in [0.717, 1.165) is 23.2 Å². The summed E-state index contributed by atoms with van der Waals surface area (Å²) in [6.45, 7) is 0.571. The highest BCUT2D eigenvalue weighted by Crippen LogP contribution is 2.18. The van der Waals surface area contributed by atoms with Crippen LogP contribution in [-0.2, 0) is 24.7 Å². The molecule has 26 heavy (non-hydrogen) atoms. The van der Waals surface area contributed by atoms with Crippen LogP contribution < -0.4 is 5.32 Å². The SMILES string of the molecule is Cn1nccc1-c1ccc(CCNC(=O)CCc2ccccc2F)cc1. The van der Waals surface area contributed by atoms with Gasteiger partial charge in [0.15, 0.2) is 0 Å². The minimum Gasteiger partial charge on any atom is -0.356 e. The molecule has 1 amide bonds. The predicted molar refractivity (Wildman–Crippen MR) is 100 cm³/mol. The molecule has 3 rings (SSSR count). The molecule has 1 heterocycles. The standard InChI is InChI=1S/C21H22FN3O/c1-25-20(13-15-24-25)18-8-6-16(7-9-18)12-14-23-21(26)11-10-17-4-2-3-5-19(17)22/h2-9,13,15H,10-12,14H2,1H3,(H,23,26). The van der Waals surface area contributed by atoms with E-state index in [1.165, 1.54) is 6.07 Å². The monoisotopic (exact) mass is 351 g/mol. The van der Waals surface area contributed by atoms with E-state index in [1.54, 1.807) is 24.4 Å². The Balaban J connectivity index is 1.44. The van der Waals surface area contributed by atoms with Gasteiger partial charge in [-0.1, -0.05) is 42.5 Å². The Hall–Kier alpha value is -2.95. The van der Waals surface area contributed by atoms with Crippen LogP contribution in [0.25, 0.3) is 11.3 Å². The molecule has 5 heteroatoms. The first-order valence-electron chi connectivity index (χ1n) is 8.71. The van der Waals surface area contributed by atoms with Crippen LogP contribution >= 0.6 is 0 Å². The average molecular weight is 351 g/mol. The van der Waals surface area contributed by atoms with Gasteiger partial charge in [0.05, 0.1) is 5.69 Å². The normalized spacial score (nSPS) is 10.7. The fourth-order valence-corrected chi connectivity index (χ4v) is 2.88. The smallest absolute Gasteiger partial charge is 0.220 e. The largest absolute Gasteiger partial charge is 0.356 e. The van der Waals surface area contributed by atoms with E-state index >= 15 is 0 Å². The summed E-state index contributed by atoms with van der Waals surface area (Å²) in [5, 5.41) is 7.07. The van der Waals surface area contributed by atoms with Crippen LogP contribution in [-0.4, -0.2) is 22.2 Å². The van der Waals surface area contributed by atoms with Crippen molar-refractivity contribution in [3.8, 4) is 11.3 Å². The number of carbonyl (C=O) groups excluding carboxylic acids is 1. The van der Waals surface area contributed by atoms with E-state index in [1.807, 2.05) is 17.8 Å². The van der Waals surface area contributed by atoms with Crippen LogP contribution in [0.3, 0.4) is 0 Å². The lowest BCUT2D eigenvalue weighted by Crippen LogP contribution is -2.25. The fourth-order valence-electron chi connectivity index (χ4n) is 2.88. The highest BCUT2D eigenvalue weighted by atomic mass is 19.1. The molecule has 0 spiro atoms. The Bertz CT molecular complexity index is 871. The Labute approximate surface area is 152 Å². The summed E-state index contributed by atoms with van der Waals surface area (Å²) < 4.78 is 15.4. The number of carbonyl (C=O) groups is 1. The Morgan fingerprint density at radius 3 is 2.54 bits per heavy atom. The molecule has 0 radical (unpaired) electrons. The summed E-state index contributed by atoms with van der Waals surface area (Å²) in [5.41, 5.74) is 3.92. The minimum absolute atomic E-state index is 0.0558. The lowest BCUT2D eigenvalue weighted by Gasteiger charge is -2.07. The molecule has 0 saturated heterocycles. The highest BCUT2D eigenvalue weighted by Gasteiger charge is 2.06. The van der Waals surface area contributed by atoms with Crippen LogP contribution in [0, 0.1) is 5.82 Å². The molecule has 0 aliphatic rings. The molecule has 134 valence electrons. The van der Waals surface area contributed by atoms with Crippen molar-refractivity contribution in [1.82, 2.24) is 15.1 Å². The van der Waals surface area contributed by atoms with E-state index in [9.17, 15) is 9.18 Å². The van der Waals surface area contributed by atoms with Crippen molar-refractivity contribution in [1.29, 1.82) is 0 Å². The molecule has 0 unspecified atom stereocenters. The van der Waals surface area contributed by atoms with Crippen molar-refractivity contribution in [2.75, 3.05) is 6.54 Å². The third-order valence-electron chi connectivity index (χ3n) is 4.39. The number of aryl methyl sites for hydroxylation is 2. The zero-order chi connectivity index (χ0) is 18.4. The molecule has 2 aromatic carbocycles. The first-order valence-corrected chi connectivity index (χ1v) is 8.71. The van der Waals surface area contributed by atoms with Crippen molar-refractivity contribution in [3.63, 3.8) is 0 Å². The van der Waals surface area contributed by atoms with Crippen molar-refractivity contribution in [3.05, 3.63) is 77.7 Å². The summed E-state index contributed by atoms with van der Waals surface area (Å²) in [5.74, 6) is -0.312. The maximum Gasteiger partial charge on any atom is 0.220 e. The fraction of sp³-hybridized carbons (Fsp3) is 0.238. The highest BCUT2D eigenvalue weighted by molar-refractivity contribution is 5.76. The number of amides is 1. The van der Waals surface area contributed by atoms with Gasteiger partial charge in [0.25, 0.3) is 0 Å². The van der Waals surface area contributed by atoms with E-state index in [2.05, 4.69) is 34.7 Å². The molecule has 1 N–H and O–H groups in total. The van der Waals surface area contributed by atoms with Gasteiger partial charge in [-0.2, -0.15) is 5.10 Å². The van der Waals surface area contributed by atoms with E-state index in [4.69, 9.17) is 0 Å². The lowest BCUT2D eigenvalue weighted by molar-refractivity contribution is -0.121. The van der Waals surface area contributed by atoms with Gasteiger partial charge in [-0.05, 0) is 41.7 Å². The molecular formula is C21H22FN3O. The molecule has 0 atom stereocenters. The van der Waals surface area contributed by atoms with Gasteiger partial charge < -0.3 is 5.32 Å². The van der Waals surface area contributed by atoms with Crippen molar-refractivity contribution in [2.24, 2.45) is 7.05 Å².